The van der Waals surface area contributed by atoms with Crippen molar-refractivity contribution in [1.82, 2.24) is 15.1 Å². The summed E-state index contributed by atoms with van der Waals surface area (Å²) in [7, 11) is 1.77. The van der Waals surface area contributed by atoms with Crippen molar-refractivity contribution in [1.29, 1.82) is 0 Å². The fourth-order valence-electron chi connectivity index (χ4n) is 1.37. The number of hydrogen-bond acceptors (Lipinski definition) is 7. The van der Waals surface area contributed by atoms with E-state index in [2.05, 4.69) is 25.8 Å². The predicted molar refractivity (Wildman–Crippen MR) is 64.6 cm³/mol. The second kappa shape index (κ2) is 4.69. The topological polar surface area (TPSA) is 102 Å². The van der Waals surface area contributed by atoms with Gasteiger partial charge in [0.05, 0.1) is 6.54 Å². The van der Waals surface area contributed by atoms with Crippen LogP contribution in [-0.4, -0.2) is 22.2 Å². The number of aromatic nitrogens is 3. The minimum absolute atomic E-state index is 0.218. The number of nitrogen functional groups attached to an aromatic ring is 1. The van der Waals surface area contributed by atoms with Crippen molar-refractivity contribution < 1.29 is 4.52 Å². The van der Waals surface area contributed by atoms with Crippen LogP contribution in [0.5, 0.6) is 0 Å². The van der Waals surface area contributed by atoms with Gasteiger partial charge in [-0.25, -0.2) is 0 Å². The Morgan fingerprint density at radius 3 is 2.71 bits per heavy atom. The molecular weight excluding hydrogens is 220 g/mol. The van der Waals surface area contributed by atoms with Crippen LogP contribution in [0.3, 0.4) is 0 Å². The lowest BCUT2D eigenvalue weighted by Gasteiger charge is -2.06. The van der Waals surface area contributed by atoms with Gasteiger partial charge in [-0.15, -0.1) is 0 Å². The molecule has 0 bridgehead atoms. The van der Waals surface area contributed by atoms with Crippen molar-refractivity contribution in [2.45, 2.75) is 13.5 Å². The molecule has 0 saturated heterocycles. The van der Waals surface area contributed by atoms with Crippen LogP contribution in [0.1, 0.15) is 11.5 Å². The molecule has 2 heterocycles. The standard InChI is InChI=1S/C10H14N6O/c1-6-3-7(16-17-6)5-13-9-4-8(12-2)14-10(11)15-9/h3-4H,5H2,1-2H3,(H4,11,12,13,14,15). The van der Waals surface area contributed by atoms with Gasteiger partial charge in [0, 0.05) is 19.2 Å². The Bertz CT molecular complexity index is 509. The molecular formula is C10H14N6O. The Morgan fingerprint density at radius 2 is 2.06 bits per heavy atom. The maximum absolute atomic E-state index is 5.57. The van der Waals surface area contributed by atoms with E-state index in [9.17, 15) is 0 Å². The zero-order valence-corrected chi connectivity index (χ0v) is 9.69. The lowest BCUT2D eigenvalue weighted by molar-refractivity contribution is 0.391. The van der Waals surface area contributed by atoms with Crippen LogP contribution >= 0.6 is 0 Å². The molecule has 0 aliphatic rings. The van der Waals surface area contributed by atoms with Gasteiger partial charge in [0.25, 0.3) is 0 Å². The molecule has 0 radical (unpaired) electrons. The van der Waals surface area contributed by atoms with Gasteiger partial charge < -0.3 is 20.9 Å². The summed E-state index contributed by atoms with van der Waals surface area (Å²) in [5.41, 5.74) is 6.38. The first-order valence-electron chi connectivity index (χ1n) is 5.16. The Morgan fingerprint density at radius 1 is 1.29 bits per heavy atom. The highest BCUT2D eigenvalue weighted by molar-refractivity contribution is 5.50. The molecule has 0 aromatic carbocycles. The molecule has 4 N–H and O–H groups in total. The summed E-state index contributed by atoms with van der Waals surface area (Å²) >= 11 is 0. The number of rotatable bonds is 4. The van der Waals surface area contributed by atoms with E-state index in [0.29, 0.717) is 18.2 Å². The third kappa shape index (κ3) is 2.83. The van der Waals surface area contributed by atoms with Crippen molar-refractivity contribution in [2.75, 3.05) is 23.4 Å². The average Bonchev–Trinajstić information content (AvgIpc) is 2.72. The Labute approximate surface area is 98.4 Å². The summed E-state index contributed by atoms with van der Waals surface area (Å²) in [4.78, 5) is 8.05. The molecule has 0 amide bonds. The molecule has 0 atom stereocenters. The van der Waals surface area contributed by atoms with Crippen LogP contribution in [0.4, 0.5) is 17.6 Å². The molecule has 2 rings (SSSR count). The molecule has 0 aliphatic carbocycles. The Hall–Kier alpha value is -2.31. The van der Waals surface area contributed by atoms with E-state index in [1.54, 1.807) is 13.1 Å². The zero-order chi connectivity index (χ0) is 12.3. The summed E-state index contributed by atoms with van der Waals surface area (Å²) in [6.45, 7) is 2.37. The first kappa shape index (κ1) is 11.2. The van der Waals surface area contributed by atoms with Crippen LogP contribution in [0.25, 0.3) is 0 Å². The molecule has 2 aromatic heterocycles. The fourth-order valence-corrected chi connectivity index (χ4v) is 1.37. The summed E-state index contributed by atoms with van der Waals surface area (Å²) in [5, 5.41) is 9.87. The van der Waals surface area contributed by atoms with Gasteiger partial charge in [-0.2, -0.15) is 9.97 Å². The minimum atomic E-state index is 0.218. The van der Waals surface area contributed by atoms with Crippen molar-refractivity contribution in [3.63, 3.8) is 0 Å². The normalized spacial score (nSPS) is 10.2. The van der Waals surface area contributed by atoms with E-state index in [1.165, 1.54) is 0 Å². The van der Waals surface area contributed by atoms with Crippen molar-refractivity contribution >= 4 is 17.6 Å². The van der Waals surface area contributed by atoms with E-state index in [0.717, 1.165) is 11.5 Å². The van der Waals surface area contributed by atoms with E-state index >= 15 is 0 Å². The van der Waals surface area contributed by atoms with E-state index in [1.807, 2.05) is 13.0 Å². The third-order valence-corrected chi connectivity index (χ3v) is 2.13. The first-order valence-corrected chi connectivity index (χ1v) is 5.16. The zero-order valence-electron chi connectivity index (χ0n) is 9.69. The SMILES string of the molecule is CNc1cc(NCc2cc(C)on2)nc(N)n1. The van der Waals surface area contributed by atoms with Crippen LogP contribution in [0, 0.1) is 6.92 Å². The van der Waals surface area contributed by atoms with Gasteiger partial charge in [0.2, 0.25) is 5.95 Å². The largest absolute Gasteiger partial charge is 0.373 e. The molecule has 0 unspecified atom stereocenters. The number of nitrogens with two attached hydrogens (primary N) is 1. The Kier molecular flexibility index (Phi) is 3.08. The highest BCUT2D eigenvalue weighted by Gasteiger charge is 2.03. The maximum atomic E-state index is 5.57. The molecule has 7 heteroatoms. The van der Waals surface area contributed by atoms with Gasteiger partial charge in [-0.05, 0) is 6.92 Å². The molecule has 0 saturated carbocycles. The smallest absolute Gasteiger partial charge is 0.223 e. The first-order chi connectivity index (χ1) is 8.17. The maximum Gasteiger partial charge on any atom is 0.223 e. The van der Waals surface area contributed by atoms with Crippen molar-refractivity contribution in [3.05, 3.63) is 23.6 Å². The lowest BCUT2D eigenvalue weighted by Crippen LogP contribution is -2.06. The van der Waals surface area contributed by atoms with Gasteiger partial charge in [-0.1, -0.05) is 5.16 Å². The van der Waals surface area contributed by atoms with Crippen LogP contribution in [0.15, 0.2) is 16.7 Å². The lowest BCUT2D eigenvalue weighted by atomic mass is 10.4. The van der Waals surface area contributed by atoms with Gasteiger partial charge in [-0.3, -0.25) is 0 Å². The van der Waals surface area contributed by atoms with Crippen LogP contribution < -0.4 is 16.4 Å². The van der Waals surface area contributed by atoms with E-state index in [4.69, 9.17) is 10.3 Å². The molecule has 90 valence electrons. The van der Waals surface area contributed by atoms with Crippen LogP contribution in [0.2, 0.25) is 0 Å². The van der Waals surface area contributed by atoms with Crippen molar-refractivity contribution in [3.8, 4) is 0 Å². The monoisotopic (exact) mass is 234 g/mol. The van der Waals surface area contributed by atoms with E-state index in [-0.39, 0.29) is 5.95 Å². The molecule has 2 aromatic rings. The third-order valence-electron chi connectivity index (χ3n) is 2.13. The molecule has 0 aliphatic heterocycles. The molecule has 0 spiro atoms. The number of hydrogen-bond donors (Lipinski definition) is 3. The van der Waals surface area contributed by atoms with Gasteiger partial charge in [0.15, 0.2) is 0 Å². The number of aryl methyl sites for hydroxylation is 1. The Balaban J connectivity index is 2.05. The minimum Gasteiger partial charge on any atom is -0.373 e. The molecule has 17 heavy (non-hydrogen) atoms. The second-order valence-corrected chi connectivity index (χ2v) is 3.53. The average molecular weight is 234 g/mol. The second-order valence-electron chi connectivity index (χ2n) is 3.53. The van der Waals surface area contributed by atoms with Crippen molar-refractivity contribution in [2.24, 2.45) is 0 Å². The highest BCUT2D eigenvalue weighted by Crippen LogP contribution is 2.13. The quantitative estimate of drug-likeness (QED) is 0.725. The van der Waals surface area contributed by atoms with Gasteiger partial charge >= 0.3 is 0 Å². The number of nitrogens with zero attached hydrogens (tertiary/aromatic N) is 3. The summed E-state index contributed by atoms with van der Waals surface area (Å²) in [6, 6.07) is 3.62. The predicted octanol–water partition coefficient (Wildman–Crippen LogP) is 1.01. The summed E-state index contributed by atoms with van der Waals surface area (Å²) in [5.74, 6) is 2.30. The molecule has 7 nitrogen and oxygen atoms in total. The van der Waals surface area contributed by atoms with E-state index < -0.39 is 0 Å². The number of nitrogens with one attached hydrogen (secondary N) is 2. The highest BCUT2D eigenvalue weighted by atomic mass is 16.5. The number of anilines is 3. The fraction of sp³-hybridized carbons (Fsp3) is 0.300. The summed E-state index contributed by atoms with van der Waals surface area (Å²) < 4.78 is 4.96. The molecule has 0 fully saturated rings. The van der Waals surface area contributed by atoms with Crippen LogP contribution in [-0.2, 0) is 6.54 Å². The summed E-state index contributed by atoms with van der Waals surface area (Å²) in [6.07, 6.45) is 0. The van der Waals surface area contributed by atoms with Gasteiger partial charge in [0.1, 0.15) is 23.1 Å².